The summed E-state index contributed by atoms with van der Waals surface area (Å²) in [6, 6.07) is 3.85. The van der Waals surface area contributed by atoms with Gasteiger partial charge in [0.05, 0.1) is 5.56 Å². The summed E-state index contributed by atoms with van der Waals surface area (Å²) in [5.41, 5.74) is 0.600. The smallest absolute Gasteiger partial charge is 0.252 e. The summed E-state index contributed by atoms with van der Waals surface area (Å²) < 4.78 is 13.1. The maximum Gasteiger partial charge on any atom is 0.252 e. The van der Waals surface area contributed by atoms with Gasteiger partial charge in [-0.05, 0) is 31.5 Å². The van der Waals surface area contributed by atoms with Crippen LogP contribution in [0.25, 0.3) is 0 Å². The number of carbonyl (C=O) groups excluding carboxylic acids is 1. The molecule has 1 unspecified atom stereocenters. The maximum absolute atomic E-state index is 13.1. The molecule has 0 spiro atoms. The number of hydrogen-bond acceptors (Lipinski definition) is 2. The third-order valence-corrected chi connectivity index (χ3v) is 2.52. The normalized spacial score (nSPS) is 11.3. The molecule has 0 radical (unpaired) electrons. The van der Waals surface area contributed by atoms with Crippen LogP contribution in [0.1, 0.15) is 36.2 Å². The lowest BCUT2D eigenvalue weighted by atomic mass is 10.1. The average molecular weight is 249 g/mol. The van der Waals surface area contributed by atoms with Gasteiger partial charge in [0.15, 0.2) is 0 Å². The molecule has 0 aromatic heterocycles. The van der Waals surface area contributed by atoms with E-state index in [0.29, 0.717) is 5.56 Å². The van der Waals surface area contributed by atoms with Crippen LogP contribution in [0, 0.1) is 17.7 Å². The average Bonchev–Trinajstić information content (AvgIpc) is 2.36. The third-order valence-electron chi connectivity index (χ3n) is 2.52. The molecule has 1 amide bonds. The van der Waals surface area contributed by atoms with E-state index < -0.39 is 5.82 Å². The SMILES string of the molecule is CCC(C)NC(=O)c1ccc(F)cc1C#CCO. The Morgan fingerprint density at radius 2 is 2.28 bits per heavy atom. The lowest BCUT2D eigenvalue weighted by molar-refractivity contribution is 0.0939. The van der Waals surface area contributed by atoms with Gasteiger partial charge in [-0.25, -0.2) is 4.39 Å². The highest BCUT2D eigenvalue weighted by Gasteiger charge is 2.12. The molecular weight excluding hydrogens is 233 g/mol. The van der Waals surface area contributed by atoms with Crippen molar-refractivity contribution >= 4 is 5.91 Å². The minimum Gasteiger partial charge on any atom is -0.384 e. The van der Waals surface area contributed by atoms with Crippen molar-refractivity contribution in [3.63, 3.8) is 0 Å². The summed E-state index contributed by atoms with van der Waals surface area (Å²) in [5, 5.41) is 11.4. The van der Waals surface area contributed by atoms with Crippen molar-refractivity contribution in [1.29, 1.82) is 0 Å². The zero-order chi connectivity index (χ0) is 13.5. The van der Waals surface area contributed by atoms with E-state index in [-0.39, 0.29) is 24.1 Å². The molecule has 2 N–H and O–H groups in total. The summed E-state index contributed by atoms with van der Waals surface area (Å²) in [4.78, 5) is 11.9. The predicted molar refractivity (Wildman–Crippen MR) is 67.6 cm³/mol. The standard InChI is InChI=1S/C14H16FNO2/c1-3-10(2)16-14(18)13-7-6-12(15)9-11(13)5-4-8-17/h6-7,9-10,17H,3,8H2,1-2H3,(H,16,18). The van der Waals surface area contributed by atoms with Crippen molar-refractivity contribution in [3.8, 4) is 11.8 Å². The molecule has 0 saturated carbocycles. The van der Waals surface area contributed by atoms with Crippen LogP contribution in [-0.2, 0) is 0 Å². The van der Waals surface area contributed by atoms with E-state index in [1.165, 1.54) is 18.2 Å². The Kier molecular flexibility index (Phi) is 5.34. The second kappa shape index (κ2) is 6.77. The zero-order valence-corrected chi connectivity index (χ0v) is 10.5. The molecule has 1 rings (SSSR count). The first-order valence-electron chi connectivity index (χ1n) is 5.78. The molecule has 96 valence electrons. The van der Waals surface area contributed by atoms with E-state index in [9.17, 15) is 9.18 Å². The molecule has 0 aliphatic carbocycles. The number of hydrogen-bond donors (Lipinski definition) is 2. The number of carbonyl (C=O) groups is 1. The summed E-state index contributed by atoms with van der Waals surface area (Å²) in [6.07, 6.45) is 0.810. The number of benzene rings is 1. The number of aliphatic hydroxyl groups excluding tert-OH is 1. The van der Waals surface area contributed by atoms with Crippen LogP contribution in [0.5, 0.6) is 0 Å². The topological polar surface area (TPSA) is 49.3 Å². The number of halogens is 1. The Morgan fingerprint density at radius 3 is 2.89 bits per heavy atom. The minimum atomic E-state index is -0.461. The van der Waals surface area contributed by atoms with Crippen molar-refractivity contribution in [2.45, 2.75) is 26.3 Å². The molecule has 0 fully saturated rings. The highest BCUT2D eigenvalue weighted by molar-refractivity contribution is 5.96. The van der Waals surface area contributed by atoms with Gasteiger partial charge < -0.3 is 10.4 Å². The maximum atomic E-state index is 13.1. The Hall–Kier alpha value is -1.86. The Labute approximate surface area is 106 Å². The fourth-order valence-corrected chi connectivity index (χ4v) is 1.36. The third kappa shape index (κ3) is 3.86. The van der Waals surface area contributed by atoms with Gasteiger partial charge in [0.1, 0.15) is 12.4 Å². The number of rotatable bonds is 3. The highest BCUT2D eigenvalue weighted by Crippen LogP contribution is 2.11. The zero-order valence-electron chi connectivity index (χ0n) is 10.5. The Bertz CT molecular complexity index is 488. The van der Waals surface area contributed by atoms with Crippen molar-refractivity contribution in [3.05, 3.63) is 35.1 Å². The summed E-state index contributed by atoms with van der Waals surface area (Å²) >= 11 is 0. The van der Waals surface area contributed by atoms with Gasteiger partial charge in [0, 0.05) is 11.6 Å². The summed E-state index contributed by atoms with van der Waals surface area (Å²) in [7, 11) is 0. The number of aliphatic hydroxyl groups is 1. The van der Waals surface area contributed by atoms with E-state index in [0.717, 1.165) is 6.42 Å². The fourth-order valence-electron chi connectivity index (χ4n) is 1.36. The van der Waals surface area contributed by atoms with Crippen LogP contribution < -0.4 is 5.32 Å². The van der Waals surface area contributed by atoms with Crippen LogP contribution >= 0.6 is 0 Å². The van der Waals surface area contributed by atoms with Gasteiger partial charge in [-0.2, -0.15) is 0 Å². The van der Waals surface area contributed by atoms with Gasteiger partial charge in [-0.1, -0.05) is 18.8 Å². The molecule has 0 aliphatic heterocycles. The Morgan fingerprint density at radius 1 is 1.56 bits per heavy atom. The van der Waals surface area contributed by atoms with Crippen LogP contribution in [0.4, 0.5) is 4.39 Å². The molecule has 3 nitrogen and oxygen atoms in total. The fraction of sp³-hybridized carbons (Fsp3) is 0.357. The first-order valence-corrected chi connectivity index (χ1v) is 5.78. The first-order chi connectivity index (χ1) is 8.58. The van der Waals surface area contributed by atoms with Crippen molar-refractivity contribution < 1.29 is 14.3 Å². The van der Waals surface area contributed by atoms with Gasteiger partial charge in [-0.3, -0.25) is 4.79 Å². The molecule has 1 aromatic carbocycles. The molecule has 1 aromatic rings. The van der Waals surface area contributed by atoms with Crippen LogP contribution in [0.2, 0.25) is 0 Å². The van der Waals surface area contributed by atoms with Crippen LogP contribution in [-0.4, -0.2) is 23.7 Å². The van der Waals surface area contributed by atoms with Gasteiger partial charge in [0.2, 0.25) is 0 Å². The van der Waals surface area contributed by atoms with Gasteiger partial charge in [0.25, 0.3) is 5.91 Å². The van der Waals surface area contributed by atoms with Crippen molar-refractivity contribution in [1.82, 2.24) is 5.32 Å². The van der Waals surface area contributed by atoms with E-state index in [4.69, 9.17) is 5.11 Å². The number of nitrogens with one attached hydrogen (secondary N) is 1. The molecular formula is C14H16FNO2. The van der Waals surface area contributed by atoms with E-state index in [1.807, 2.05) is 13.8 Å². The lowest BCUT2D eigenvalue weighted by Gasteiger charge is -2.12. The second-order valence-electron chi connectivity index (χ2n) is 3.93. The lowest BCUT2D eigenvalue weighted by Crippen LogP contribution is -2.32. The van der Waals surface area contributed by atoms with E-state index in [1.54, 1.807) is 0 Å². The molecule has 1 atom stereocenters. The van der Waals surface area contributed by atoms with Crippen LogP contribution in [0.15, 0.2) is 18.2 Å². The summed E-state index contributed by atoms with van der Waals surface area (Å²) in [5.74, 6) is 4.24. The highest BCUT2D eigenvalue weighted by atomic mass is 19.1. The molecule has 0 aliphatic rings. The van der Waals surface area contributed by atoms with E-state index in [2.05, 4.69) is 17.2 Å². The molecule has 4 heteroatoms. The quantitative estimate of drug-likeness (QED) is 0.801. The minimum absolute atomic E-state index is 0.0428. The van der Waals surface area contributed by atoms with Gasteiger partial charge in [-0.15, -0.1) is 0 Å². The molecule has 0 heterocycles. The van der Waals surface area contributed by atoms with Crippen molar-refractivity contribution in [2.24, 2.45) is 0 Å². The monoisotopic (exact) mass is 249 g/mol. The molecule has 0 saturated heterocycles. The summed E-state index contributed by atoms with van der Waals surface area (Å²) in [6.45, 7) is 3.52. The largest absolute Gasteiger partial charge is 0.384 e. The number of amides is 1. The van der Waals surface area contributed by atoms with E-state index >= 15 is 0 Å². The van der Waals surface area contributed by atoms with Gasteiger partial charge >= 0.3 is 0 Å². The Balaban J connectivity index is 3.03. The first kappa shape index (κ1) is 14.2. The predicted octanol–water partition coefficient (Wildman–Crippen LogP) is 1.70. The van der Waals surface area contributed by atoms with Crippen molar-refractivity contribution in [2.75, 3.05) is 6.61 Å². The molecule has 0 bridgehead atoms. The molecule has 18 heavy (non-hydrogen) atoms. The van der Waals surface area contributed by atoms with Crippen LogP contribution in [0.3, 0.4) is 0 Å². The second-order valence-corrected chi connectivity index (χ2v) is 3.93.